The molecule has 1 heterocycles. The first-order valence-corrected chi connectivity index (χ1v) is 6.65. The summed E-state index contributed by atoms with van der Waals surface area (Å²) in [5.41, 5.74) is 0.608. The topological polar surface area (TPSA) is 53.4 Å². The number of aliphatic hydroxyl groups is 1. The maximum absolute atomic E-state index is 12.4. The van der Waals surface area contributed by atoms with Crippen molar-refractivity contribution in [3.8, 4) is 0 Å². The largest absolute Gasteiger partial charge is 0.395 e. The fourth-order valence-electron chi connectivity index (χ4n) is 2.61. The van der Waals surface area contributed by atoms with E-state index in [0.717, 1.165) is 12.8 Å². The summed E-state index contributed by atoms with van der Waals surface area (Å²) in [6, 6.07) is 3.83. The van der Waals surface area contributed by atoms with Crippen LogP contribution in [0.4, 0.5) is 0 Å². The Labute approximate surface area is 108 Å². The van der Waals surface area contributed by atoms with Crippen molar-refractivity contribution in [2.24, 2.45) is 0 Å². The summed E-state index contributed by atoms with van der Waals surface area (Å²) in [5, 5.41) is 9.15. The summed E-state index contributed by atoms with van der Waals surface area (Å²) in [7, 11) is 0. The first-order valence-electron chi connectivity index (χ1n) is 6.65. The predicted molar refractivity (Wildman–Crippen MR) is 69.2 cm³/mol. The number of rotatable bonds is 4. The van der Waals surface area contributed by atoms with Crippen molar-refractivity contribution >= 4 is 5.91 Å². The summed E-state index contributed by atoms with van der Waals surface area (Å²) in [6.45, 7) is 0.431. The van der Waals surface area contributed by atoms with Crippen LogP contribution in [0.25, 0.3) is 0 Å². The molecule has 0 aromatic carbocycles. The van der Waals surface area contributed by atoms with E-state index in [0.29, 0.717) is 12.1 Å². The molecule has 1 fully saturated rings. The van der Waals surface area contributed by atoms with E-state index >= 15 is 0 Å². The van der Waals surface area contributed by atoms with E-state index in [-0.39, 0.29) is 18.6 Å². The van der Waals surface area contributed by atoms with Gasteiger partial charge in [-0.05, 0) is 25.0 Å². The van der Waals surface area contributed by atoms with Crippen LogP contribution in [0.5, 0.6) is 0 Å². The van der Waals surface area contributed by atoms with Crippen molar-refractivity contribution in [2.45, 2.75) is 38.1 Å². The molecule has 0 unspecified atom stereocenters. The molecule has 0 saturated heterocycles. The van der Waals surface area contributed by atoms with Gasteiger partial charge in [-0.2, -0.15) is 0 Å². The van der Waals surface area contributed by atoms with Crippen molar-refractivity contribution in [1.29, 1.82) is 0 Å². The van der Waals surface area contributed by atoms with E-state index < -0.39 is 0 Å². The average molecular weight is 248 g/mol. The smallest absolute Gasteiger partial charge is 0.255 e. The Balaban J connectivity index is 2.11. The van der Waals surface area contributed by atoms with Crippen LogP contribution in [-0.2, 0) is 0 Å². The highest BCUT2D eigenvalue weighted by atomic mass is 16.3. The van der Waals surface area contributed by atoms with Gasteiger partial charge in [-0.1, -0.05) is 19.3 Å². The maximum Gasteiger partial charge on any atom is 0.255 e. The Morgan fingerprint density at radius 3 is 2.78 bits per heavy atom. The van der Waals surface area contributed by atoms with Gasteiger partial charge in [0.25, 0.3) is 5.91 Å². The highest BCUT2D eigenvalue weighted by molar-refractivity contribution is 5.94. The molecule has 1 aliphatic carbocycles. The molecule has 4 nitrogen and oxygen atoms in total. The van der Waals surface area contributed by atoms with Gasteiger partial charge in [-0.15, -0.1) is 0 Å². The third-order valence-corrected chi connectivity index (χ3v) is 3.53. The molecule has 0 spiro atoms. The molecule has 18 heavy (non-hydrogen) atoms. The van der Waals surface area contributed by atoms with Crippen LogP contribution < -0.4 is 0 Å². The molecular formula is C14H20N2O2. The average Bonchev–Trinajstić information content (AvgIpc) is 2.46. The quantitative estimate of drug-likeness (QED) is 0.884. The minimum absolute atomic E-state index is 0.0101. The number of carbonyl (C=O) groups excluding carboxylic acids is 1. The summed E-state index contributed by atoms with van der Waals surface area (Å²) in [6.07, 6.45) is 8.95. The Morgan fingerprint density at radius 1 is 1.39 bits per heavy atom. The lowest BCUT2D eigenvalue weighted by atomic mass is 9.94. The van der Waals surface area contributed by atoms with Crippen molar-refractivity contribution in [2.75, 3.05) is 13.2 Å². The lowest BCUT2D eigenvalue weighted by Crippen LogP contribution is -2.43. The highest BCUT2D eigenvalue weighted by Crippen LogP contribution is 2.23. The van der Waals surface area contributed by atoms with E-state index in [1.807, 2.05) is 4.90 Å². The molecule has 0 bridgehead atoms. The van der Waals surface area contributed by atoms with Gasteiger partial charge in [0, 0.05) is 25.0 Å². The molecule has 1 aromatic heterocycles. The maximum atomic E-state index is 12.4. The van der Waals surface area contributed by atoms with Gasteiger partial charge in [-0.3, -0.25) is 9.78 Å². The number of aromatic nitrogens is 1. The molecule has 0 atom stereocenters. The summed E-state index contributed by atoms with van der Waals surface area (Å²) < 4.78 is 0. The van der Waals surface area contributed by atoms with Crippen LogP contribution in [0.3, 0.4) is 0 Å². The van der Waals surface area contributed by atoms with Gasteiger partial charge in [0.1, 0.15) is 0 Å². The van der Waals surface area contributed by atoms with Crippen molar-refractivity contribution in [3.05, 3.63) is 30.1 Å². The first-order chi connectivity index (χ1) is 8.83. The Kier molecular flexibility index (Phi) is 4.70. The minimum Gasteiger partial charge on any atom is -0.395 e. The second-order valence-electron chi connectivity index (χ2n) is 4.76. The molecule has 4 heteroatoms. The fraction of sp³-hybridized carbons (Fsp3) is 0.571. The van der Waals surface area contributed by atoms with Crippen LogP contribution in [0.15, 0.2) is 24.5 Å². The lowest BCUT2D eigenvalue weighted by molar-refractivity contribution is 0.0585. The van der Waals surface area contributed by atoms with Crippen molar-refractivity contribution in [1.82, 2.24) is 9.88 Å². The molecule has 1 aromatic rings. The Bertz CT molecular complexity index is 375. The molecule has 1 aliphatic rings. The van der Waals surface area contributed by atoms with Gasteiger partial charge >= 0.3 is 0 Å². The molecule has 0 radical (unpaired) electrons. The number of nitrogens with zero attached hydrogens (tertiary/aromatic N) is 2. The highest BCUT2D eigenvalue weighted by Gasteiger charge is 2.25. The Morgan fingerprint density at radius 2 is 2.17 bits per heavy atom. The zero-order valence-corrected chi connectivity index (χ0v) is 10.6. The Hall–Kier alpha value is -1.42. The molecule has 98 valence electrons. The molecule has 2 rings (SSSR count). The minimum atomic E-state index is -0.0101. The normalized spacial score (nSPS) is 16.5. The monoisotopic (exact) mass is 248 g/mol. The third kappa shape index (κ3) is 3.07. The number of hydrogen-bond donors (Lipinski definition) is 1. The molecule has 1 saturated carbocycles. The molecule has 1 amide bonds. The van der Waals surface area contributed by atoms with E-state index in [1.54, 1.807) is 24.5 Å². The van der Waals surface area contributed by atoms with Crippen LogP contribution in [0.2, 0.25) is 0 Å². The van der Waals surface area contributed by atoms with Crippen LogP contribution in [0, 0.1) is 0 Å². The van der Waals surface area contributed by atoms with Crippen LogP contribution in [-0.4, -0.2) is 40.1 Å². The first kappa shape index (κ1) is 13.0. The lowest BCUT2D eigenvalue weighted by Gasteiger charge is -2.34. The van der Waals surface area contributed by atoms with Gasteiger partial charge < -0.3 is 10.0 Å². The van der Waals surface area contributed by atoms with Crippen molar-refractivity contribution in [3.63, 3.8) is 0 Å². The second kappa shape index (κ2) is 6.50. The summed E-state index contributed by atoms with van der Waals surface area (Å²) >= 11 is 0. The molecule has 0 aliphatic heterocycles. The van der Waals surface area contributed by atoms with Crippen LogP contribution in [0.1, 0.15) is 42.5 Å². The third-order valence-electron chi connectivity index (χ3n) is 3.53. The second-order valence-corrected chi connectivity index (χ2v) is 4.76. The summed E-state index contributed by atoms with van der Waals surface area (Å²) in [5.74, 6) is -0.0101. The zero-order valence-electron chi connectivity index (χ0n) is 10.6. The SMILES string of the molecule is O=C(c1cccnc1)N(CCO)C1CCCCC1. The molecular weight excluding hydrogens is 228 g/mol. The van der Waals surface area contributed by atoms with Gasteiger partial charge in [0.15, 0.2) is 0 Å². The van der Waals surface area contributed by atoms with E-state index in [9.17, 15) is 4.79 Å². The summed E-state index contributed by atoms with van der Waals surface area (Å²) in [4.78, 5) is 18.2. The van der Waals surface area contributed by atoms with E-state index in [1.165, 1.54) is 19.3 Å². The van der Waals surface area contributed by atoms with Gasteiger partial charge in [-0.25, -0.2) is 0 Å². The van der Waals surface area contributed by atoms with E-state index in [2.05, 4.69) is 4.98 Å². The van der Waals surface area contributed by atoms with Gasteiger partial charge in [0.05, 0.1) is 12.2 Å². The van der Waals surface area contributed by atoms with Crippen molar-refractivity contribution < 1.29 is 9.90 Å². The van der Waals surface area contributed by atoms with E-state index in [4.69, 9.17) is 5.11 Å². The number of amides is 1. The fourth-order valence-corrected chi connectivity index (χ4v) is 2.61. The number of aliphatic hydroxyl groups excluding tert-OH is 1. The van der Waals surface area contributed by atoms with Gasteiger partial charge in [0.2, 0.25) is 0 Å². The van der Waals surface area contributed by atoms with Crippen LogP contribution >= 0.6 is 0 Å². The number of pyridine rings is 1. The zero-order chi connectivity index (χ0) is 12.8. The number of hydrogen-bond acceptors (Lipinski definition) is 3. The molecule has 1 N–H and O–H groups in total. The standard InChI is InChI=1S/C14H20N2O2/c17-10-9-16(13-6-2-1-3-7-13)14(18)12-5-4-8-15-11-12/h4-5,8,11,13,17H,1-3,6-7,9-10H2. The predicted octanol–water partition coefficient (Wildman–Crippen LogP) is 1.85. The number of carbonyl (C=O) groups is 1.